The van der Waals surface area contributed by atoms with Crippen LogP contribution in [0.4, 0.5) is 4.79 Å². The second kappa shape index (κ2) is 5.99. The van der Waals surface area contributed by atoms with Gasteiger partial charge in [0.05, 0.1) is 5.92 Å². The zero-order valence-corrected chi connectivity index (χ0v) is 12.6. The van der Waals surface area contributed by atoms with E-state index in [4.69, 9.17) is 5.11 Å². The molecule has 0 saturated carbocycles. The quantitative estimate of drug-likeness (QED) is 0.813. The van der Waals surface area contributed by atoms with Gasteiger partial charge in [0.25, 0.3) is 0 Å². The molecule has 0 aromatic heterocycles. The highest BCUT2D eigenvalue weighted by atomic mass is 16.4. The van der Waals surface area contributed by atoms with Crippen LogP contribution in [0.5, 0.6) is 0 Å². The number of aliphatic carboxylic acids is 1. The maximum Gasteiger partial charge on any atom is 0.320 e. The smallest absolute Gasteiger partial charge is 0.320 e. The molecular weight excluding hydrogens is 258 g/mol. The number of hydrogen-bond donors (Lipinski definition) is 1. The van der Waals surface area contributed by atoms with E-state index < -0.39 is 11.9 Å². The van der Waals surface area contributed by atoms with Crippen molar-refractivity contribution in [2.45, 2.75) is 25.8 Å². The van der Waals surface area contributed by atoms with Crippen LogP contribution in [0.1, 0.15) is 19.8 Å². The summed E-state index contributed by atoms with van der Waals surface area (Å²) < 4.78 is 0. The Morgan fingerprint density at radius 3 is 2.50 bits per heavy atom. The number of carboxylic acid groups (broad SMARTS) is 1. The first-order valence-corrected chi connectivity index (χ1v) is 7.33. The summed E-state index contributed by atoms with van der Waals surface area (Å²) in [6.07, 6.45) is 2.13. The number of likely N-dealkylation sites (tertiary alicyclic amines) is 2. The minimum absolute atomic E-state index is 0.0267. The second-order valence-corrected chi connectivity index (χ2v) is 6.28. The van der Waals surface area contributed by atoms with Crippen LogP contribution in [-0.2, 0) is 4.79 Å². The van der Waals surface area contributed by atoms with Crippen molar-refractivity contribution in [2.24, 2.45) is 11.8 Å². The molecule has 3 atom stereocenters. The third kappa shape index (κ3) is 3.06. The van der Waals surface area contributed by atoms with E-state index in [-0.39, 0.29) is 18.0 Å². The Kier molecular flexibility index (Phi) is 4.52. The standard InChI is InChI=1S/C14H25N3O3/c1-10-7-17(9-12(10)13(18)19)14(20)16(3)11-5-4-6-15(2)8-11/h10-12H,4-9H2,1-3H3,(H,18,19). The molecule has 20 heavy (non-hydrogen) atoms. The fraction of sp³-hybridized carbons (Fsp3) is 0.857. The number of carboxylic acids is 1. The lowest BCUT2D eigenvalue weighted by Crippen LogP contribution is -2.51. The van der Waals surface area contributed by atoms with Crippen LogP contribution >= 0.6 is 0 Å². The van der Waals surface area contributed by atoms with Crippen LogP contribution in [0, 0.1) is 11.8 Å². The molecule has 3 unspecified atom stereocenters. The largest absolute Gasteiger partial charge is 0.481 e. The average molecular weight is 283 g/mol. The van der Waals surface area contributed by atoms with Crippen molar-refractivity contribution in [2.75, 3.05) is 40.3 Å². The molecule has 2 heterocycles. The number of amides is 2. The van der Waals surface area contributed by atoms with Crippen LogP contribution in [0.2, 0.25) is 0 Å². The summed E-state index contributed by atoms with van der Waals surface area (Å²) in [5.74, 6) is -1.20. The summed E-state index contributed by atoms with van der Waals surface area (Å²) in [4.78, 5) is 29.4. The fourth-order valence-electron chi connectivity index (χ4n) is 3.28. The number of hydrogen-bond acceptors (Lipinski definition) is 3. The van der Waals surface area contributed by atoms with Gasteiger partial charge in [-0.1, -0.05) is 6.92 Å². The van der Waals surface area contributed by atoms with Crippen molar-refractivity contribution in [1.82, 2.24) is 14.7 Å². The predicted octanol–water partition coefficient (Wildman–Crippen LogP) is 0.785. The Labute approximate surface area is 120 Å². The zero-order valence-electron chi connectivity index (χ0n) is 12.6. The maximum absolute atomic E-state index is 12.5. The minimum Gasteiger partial charge on any atom is -0.481 e. The molecule has 0 spiro atoms. The molecule has 2 aliphatic heterocycles. The van der Waals surface area contributed by atoms with Crippen molar-refractivity contribution >= 4 is 12.0 Å². The molecular formula is C14H25N3O3. The molecule has 0 radical (unpaired) electrons. The van der Waals surface area contributed by atoms with Crippen molar-refractivity contribution < 1.29 is 14.7 Å². The summed E-state index contributed by atoms with van der Waals surface area (Å²) >= 11 is 0. The normalized spacial score (nSPS) is 31.4. The van der Waals surface area contributed by atoms with Crippen molar-refractivity contribution in [1.29, 1.82) is 0 Å². The third-order valence-electron chi connectivity index (χ3n) is 4.65. The Bertz CT molecular complexity index is 388. The second-order valence-electron chi connectivity index (χ2n) is 6.28. The van der Waals surface area contributed by atoms with Gasteiger partial charge >= 0.3 is 12.0 Å². The van der Waals surface area contributed by atoms with Gasteiger partial charge in [0, 0.05) is 32.7 Å². The Hall–Kier alpha value is -1.30. The van der Waals surface area contributed by atoms with Gasteiger partial charge in [0.15, 0.2) is 0 Å². The Morgan fingerprint density at radius 1 is 1.25 bits per heavy atom. The molecule has 6 nitrogen and oxygen atoms in total. The molecule has 0 aromatic carbocycles. The Morgan fingerprint density at radius 2 is 1.95 bits per heavy atom. The summed E-state index contributed by atoms with van der Waals surface area (Å²) in [7, 11) is 3.91. The predicted molar refractivity (Wildman–Crippen MR) is 75.5 cm³/mol. The first-order valence-electron chi connectivity index (χ1n) is 7.33. The lowest BCUT2D eigenvalue weighted by molar-refractivity contribution is -0.142. The highest BCUT2D eigenvalue weighted by Crippen LogP contribution is 2.25. The Balaban J connectivity index is 1.95. The van der Waals surface area contributed by atoms with Crippen molar-refractivity contribution in [3.63, 3.8) is 0 Å². The van der Waals surface area contributed by atoms with Crippen LogP contribution in [0.15, 0.2) is 0 Å². The summed E-state index contributed by atoms with van der Waals surface area (Å²) in [5.41, 5.74) is 0. The average Bonchev–Trinajstić information content (AvgIpc) is 2.79. The van der Waals surface area contributed by atoms with E-state index in [0.29, 0.717) is 13.1 Å². The van der Waals surface area contributed by atoms with E-state index in [2.05, 4.69) is 11.9 Å². The number of urea groups is 1. The topological polar surface area (TPSA) is 64.1 Å². The molecule has 0 aromatic rings. The van der Waals surface area contributed by atoms with Crippen LogP contribution in [-0.4, -0.2) is 78.1 Å². The highest BCUT2D eigenvalue weighted by Gasteiger charge is 2.39. The number of rotatable bonds is 2. The number of likely N-dealkylation sites (N-methyl/N-ethyl adjacent to an activating group) is 2. The number of carbonyl (C=O) groups is 2. The molecule has 0 aliphatic carbocycles. The van der Waals surface area contributed by atoms with Crippen molar-refractivity contribution in [3.8, 4) is 0 Å². The monoisotopic (exact) mass is 283 g/mol. The van der Waals surface area contributed by atoms with Crippen molar-refractivity contribution in [3.05, 3.63) is 0 Å². The third-order valence-corrected chi connectivity index (χ3v) is 4.65. The van der Waals surface area contributed by atoms with Gasteiger partial charge in [-0.15, -0.1) is 0 Å². The molecule has 2 amide bonds. The van der Waals surface area contributed by atoms with Gasteiger partial charge in [-0.3, -0.25) is 4.79 Å². The van der Waals surface area contributed by atoms with Crippen LogP contribution in [0.3, 0.4) is 0 Å². The van der Waals surface area contributed by atoms with E-state index in [1.54, 1.807) is 9.80 Å². The lowest BCUT2D eigenvalue weighted by Gasteiger charge is -2.37. The first-order chi connectivity index (χ1) is 9.40. The highest BCUT2D eigenvalue weighted by molar-refractivity contribution is 5.77. The van der Waals surface area contributed by atoms with Gasteiger partial charge in [-0.25, -0.2) is 4.79 Å². The van der Waals surface area contributed by atoms with E-state index in [1.807, 2.05) is 14.0 Å². The van der Waals surface area contributed by atoms with E-state index in [9.17, 15) is 9.59 Å². The van der Waals surface area contributed by atoms with Crippen LogP contribution < -0.4 is 0 Å². The zero-order chi connectivity index (χ0) is 14.9. The first kappa shape index (κ1) is 15.1. The van der Waals surface area contributed by atoms with Crippen LogP contribution in [0.25, 0.3) is 0 Å². The van der Waals surface area contributed by atoms with Gasteiger partial charge in [-0.2, -0.15) is 0 Å². The van der Waals surface area contributed by atoms with Gasteiger partial charge in [0.1, 0.15) is 0 Å². The van der Waals surface area contributed by atoms with E-state index in [1.165, 1.54) is 0 Å². The van der Waals surface area contributed by atoms with Gasteiger partial charge in [0.2, 0.25) is 0 Å². The minimum atomic E-state index is -0.798. The van der Waals surface area contributed by atoms with Gasteiger partial charge in [-0.05, 0) is 32.4 Å². The summed E-state index contributed by atoms with van der Waals surface area (Å²) in [5, 5.41) is 9.15. The SMILES string of the molecule is CC1CN(C(=O)N(C)C2CCCN(C)C2)CC1C(=O)O. The molecule has 2 rings (SSSR count). The summed E-state index contributed by atoms with van der Waals surface area (Å²) in [6, 6.07) is 0.210. The van der Waals surface area contributed by atoms with E-state index in [0.717, 1.165) is 25.9 Å². The molecule has 6 heteroatoms. The van der Waals surface area contributed by atoms with E-state index >= 15 is 0 Å². The molecule has 1 N–H and O–H groups in total. The molecule has 2 fully saturated rings. The molecule has 0 bridgehead atoms. The molecule has 114 valence electrons. The lowest BCUT2D eigenvalue weighted by atomic mass is 9.99. The van der Waals surface area contributed by atoms with Gasteiger partial charge < -0.3 is 19.8 Å². The maximum atomic E-state index is 12.5. The fourth-order valence-corrected chi connectivity index (χ4v) is 3.28. The number of carbonyl (C=O) groups excluding carboxylic acids is 1. The summed E-state index contributed by atoms with van der Waals surface area (Å²) in [6.45, 7) is 4.76. The molecule has 2 aliphatic rings. The molecule has 2 saturated heterocycles. The number of nitrogens with zero attached hydrogens (tertiary/aromatic N) is 3. The number of piperidine rings is 1.